The lowest BCUT2D eigenvalue weighted by Crippen LogP contribution is -2.12. The zero-order chi connectivity index (χ0) is 15.4. The van der Waals surface area contributed by atoms with Gasteiger partial charge in [-0.05, 0) is 25.1 Å². The van der Waals surface area contributed by atoms with Crippen molar-refractivity contribution in [2.45, 2.75) is 6.92 Å². The first-order chi connectivity index (χ1) is 10.0. The Kier molecular flexibility index (Phi) is 4.18. The van der Waals surface area contributed by atoms with Gasteiger partial charge in [0.05, 0.1) is 23.8 Å². The summed E-state index contributed by atoms with van der Waals surface area (Å²) in [5.74, 6) is -0.0631. The average Bonchev–Trinajstić information content (AvgIpc) is 2.48. The van der Waals surface area contributed by atoms with Crippen molar-refractivity contribution in [2.75, 3.05) is 12.4 Å². The zero-order valence-electron chi connectivity index (χ0n) is 11.6. The van der Waals surface area contributed by atoms with Gasteiger partial charge in [0, 0.05) is 11.6 Å². The van der Waals surface area contributed by atoms with Crippen molar-refractivity contribution in [1.29, 1.82) is 0 Å². The number of carbonyl (C=O) groups is 1. The average molecular weight is 286 g/mol. The first-order valence-corrected chi connectivity index (χ1v) is 6.21. The van der Waals surface area contributed by atoms with Crippen LogP contribution in [0.25, 0.3) is 0 Å². The Morgan fingerprint density at radius 2 is 1.86 bits per heavy atom. The SMILES string of the molecule is COc1cc([N+](=O)[O-])ccc1NC(=O)c1ccc(C)cc1. The largest absolute Gasteiger partial charge is 0.494 e. The number of anilines is 1. The molecule has 2 rings (SSSR count). The number of hydrogen-bond acceptors (Lipinski definition) is 4. The van der Waals surface area contributed by atoms with E-state index in [0.717, 1.165) is 5.56 Å². The molecule has 0 aliphatic heterocycles. The monoisotopic (exact) mass is 286 g/mol. The highest BCUT2D eigenvalue weighted by Gasteiger charge is 2.14. The molecule has 108 valence electrons. The fourth-order valence-electron chi connectivity index (χ4n) is 1.80. The molecule has 0 saturated carbocycles. The summed E-state index contributed by atoms with van der Waals surface area (Å²) in [4.78, 5) is 22.3. The lowest BCUT2D eigenvalue weighted by Gasteiger charge is -2.10. The number of ether oxygens (including phenoxy) is 1. The molecule has 0 saturated heterocycles. The van der Waals surface area contributed by atoms with E-state index in [0.29, 0.717) is 11.3 Å². The van der Waals surface area contributed by atoms with Gasteiger partial charge in [-0.2, -0.15) is 0 Å². The van der Waals surface area contributed by atoms with Gasteiger partial charge in [0.15, 0.2) is 0 Å². The number of hydrogen-bond donors (Lipinski definition) is 1. The molecule has 2 aromatic rings. The van der Waals surface area contributed by atoms with E-state index in [9.17, 15) is 14.9 Å². The summed E-state index contributed by atoms with van der Waals surface area (Å²) in [6.45, 7) is 1.93. The number of nitrogens with one attached hydrogen (secondary N) is 1. The van der Waals surface area contributed by atoms with Gasteiger partial charge >= 0.3 is 0 Å². The van der Waals surface area contributed by atoms with Crippen LogP contribution in [0.5, 0.6) is 5.75 Å². The van der Waals surface area contributed by atoms with Gasteiger partial charge in [-0.25, -0.2) is 0 Å². The number of aryl methyl sites for hydroxylation is 1. The summed E-state index contributed by atoms with van der Waals surface area (Å²) in [7, 11) is 1.39. The van der Waals surface area contributed by atoms with E-state index in [1.807, 2.05) is 19.1 Å². The molecule has 2 aromatic carbocycles. The highest BCUT2D eigenvalue weighted by Crippen LogP contribution is 2.29. The normalized spacial score (nSPS) is 10.0. The molecular formula is C15H14N2O4. The van der Waals surface area contributed by atoms with E-state index < -0.39 is 4.92 Å². The van der Waals surface area contributed by atoms with Crippen LogP contribution in [0, 0.1) is 17.0 Å². The number of non-ortho nitro benzene ring substituents is 1. The van der Waals surface area contributed by atoms with Crippen molar-refractivity contribution >= 4 is 17.3 Å². The Bertz CT molecular complexity index is 681. The first kappa shape index (κ1) is 14.5. The van der Waals surface area contributed by atoms with Gasteiger partial charge in [-0.15, -0.1) is 0 Å². The van der Waals surface area contributed by atoms with Crippen molar-refractivity contribution in [1.82, 2.24) is 0 Å². The second kappa shape index (κ2) is 6.04. The Morgan fingerprint density at radius 1 is 1.19 bits per heavy atom. The maximum atomic E-state index is 12.1. The molecule has 0 fully saturated rings. The van der Waals surface area contributed by atoms with Gasteiger partial charge in [0.25, 0.3) is 11.6 Å². The second-order valence-corrected chi connectivity index (χ2v) is 4.46. The van der Waals surface area contributed by atoms with Crippen LogP contribution in [0.15, 0.2) is 42.5 Å². The van der Waals surface area contributed by atoms with Gasteiger partial charge in [0.1, 0.15) is 5.75 Å². The standard InChI is InChI=1S/C15H14N2O4/c1-10-3-5-11(6-4-10)15(18)16-13-8-7-12(17(19)20)9-14(13)21-2/h3-9H,1-2H3,(H,16,18). The minimum atomic E-state index is -0.520. The summed E-state index contributed by atoms with van der Waals surface area (Å²) >= 11 is 0. The number of rotatable bonds is 4. The highest BCUT2D eigenvalue weighted by atomic mass is 16.6. The lowest BCUT2D eigenvalue weighted by molar-refractivity contribution is -0.384. The van der Waals surface area contributed by atoms with E-state index in [1.54, 1.807) is 12.1 Å². The number of amides is 1. The molecule has 1 N–H and O–H groups in total. The predicted molar refractivity (Wildman–Crippen MR) is 78.8 cm³/mol. The molecule has 0 spiro atoms. The number of carbonyl (C=O) groups excluding carboxylic acids is 1. The summed E-state index contributed by atoms with van der Waals surface area (Å²) in [5.41, 5.74) is 1.84. The fourth-order valence-corrected chi connectivity index (χ4v) is 1.80. The van der Waals surface area contributed by atoms with Crippen LogP contribution in [0.3, 0.4) is 0 Å². The van der Waals surface area contributed by atoms with Gasteiger partial charge in [0.2, 0.25) is 0 Å². The molecule has 0 atom stereocenters. The third-order valence-electron chi connectivity index (χ3n) is 2.96. The Labute approximate surface area is 121 Å². The molecule has 0 radical (unpaired) electrons. The molecule has 1 amide bonds. The molecule has 0 heterocycles. The summed E-state index contributed by atoms with van der Waals surface area (Å²) < 4.78 is 5.07. The van der Waals surface area contributed by atoms with E-state index in [2.05, 4.69) is 5.32 Å². The van der Waals surface area contributed by atoms with E-state index in [4.69, 9.17) is 4.74 Å². The number of nitro benzene ring substituents is 1. The number of nitrogens with zero attached hydrogens (tertiary/aromatic N) is 1. The van der Waals surface area contributed by atoms with Gasteiger partial charge < -0.3 is 10.1 Å². The smallest absolute Gasteiger partial charge is 0.273 e. The van der Waals surface area contributed by atoms with Gasteiger partial charge in [-0.1, -0.05) is 17.7 Å². The van der Waals surface area contributed by atoms with E-state index in [-0.39, 0.29) is 17.3 Å². The molecule has 6 nitrogen and oxygen atoms in total. The van der Waals surface area contributed by atoms with Crippen LogP contribution < -0.4 is 10.1 Å². The molecule has 21 heavy (non-hydrogen) atoms. The Hall–Kier alpha value is -2.89. The van der Waals surface area contributed by atoms with Crippen LogP contribution in [0.4, 0.5) is 11.4 Å². The van der Waals surface area contributed by atoms with Crippen molar-refractivity contribution in [2.24, 2.45) is 0 Å². The van der Waals surface area contributed by atoms with E-state index in [1.165, 1.54) is 25.3 Å². The quantitative estimate of drug-likeness (QED) is 0.691. The summed E-state index contributed by atoms with van der Waals surface area (Å²) in [5, 5.41) is 13.4. The van der Waals surface area contributed by atoms with Crippen LogP contribution >= 0.6 is 0 Å². The van der Waals surface area contributed by atoms with Crippen LogP contribution in [-0.2, 0) is 0 Å². The fraction of sp³-hybridized carbons (Fsp3) is 0.133. The molecule has 0 unspecified atom stereocenters. The number of benzene rings is 2. The van der Waals surface area contributed by atoms with Crippen LogP contribution in [-0.4, -0.2) is 17.9 Å². The summed E-state index contributed by atoms with van der Waals surface area (Å²) in [6.07, 6.45) is 0. The molecule has 0 bridgehead atoms. The van der Waals surface area contributed by atoms with Crippen molar-refractivity contribution in [3.63, 3.8) is 0 Å². The number of methoxy groups -OCH3 is 1. The van der Waals surface area contributed by atoms with Crippen molar-refractivity contribution in [3.05, 3.63) is 63.7 Å². The van der Waals surface area contributed by atoms with Crippen LogP contribution in [0.2, 0.25) is 0 Å². The Balaban J connectivity index is 2.24. The van der Waals surface area contributed by atoms with Gasteiger partial charge in [-0.3, -0.25) is 14.9 Å². The summed E-state index contributed by atoms with van der Waals surface area (Å²) in [6, 6.07) is 11.1. The zero-order valence-corrected chi connectivity index (χ0v) is 11.6. The predicted octanol–water partition coefficient (Wildman–Crippen LogP) is 3.16. The second-order valence-electron chi connectivity index (χ2n) is 4.46. The molecule has 6 heteroatoms. The van der Waals surface area contributed by atoms with Crippen molar-refractivity contribution in [3.8, 4) is 5.75 Å². The molecule has 0 aromatic heterocycles. The topological polar surface area (TPSA) is 81.5 Å². The third kappa shape index (κ3) is 3.36. The third-order valence-corrected chi connectivity index (χ3v) is 2.96. The Morgan fingerprint density at radius 3 is 2.43 bits per heavy atom. The minimum absolute atomic E-state index is 0.0971. The first-order valence-electron chi connectivity index (χ1n) is 6.21. The van der Waals surface area contributed by atoms with Crippen LogP contribution in [0.1, 0.15) is 15.9 Å². The maximum Gasteiger partial charge on any atom is 0.273 e. The highest BCUT2D eigenvalue weighted by molar-refractivity contribution is 6.05. The number of nitro groups is 1. The van der Waals surface area contributed by atoms with Crippen molar-refractivity contribution < 1.29 is 14.5 Å². The minimum Gasteiger partial charge on any atom is -0.494 e. The molecular weight excluding hydrogens is 272 g/mol. The lowest BCUT2D eigenvalue weighted by atomic mass is 10.1. The molecule has 0 aliphatic rings. The maximum absolute atomic E-state index is 12.1. The van der Waals surface area contributed by atoms with E-state index >= 15 is 0 Å². The molecule has 0 aliphatic carbocycles.